The molecule has 0 bridgehead atoms. The van der Waals surface area contributed by atoms with Gasteiger partial charge < -0.3 is 5.32 Å². The van der Waals surface area contributed by atoms with Gasteiger partial charge in [0.05, 0.1) is 0 Å². The summed E-state index contributed by atoms with van der Waals surface area (Å²) in [6, 6.07) is 14.5. The first-order valence-corrected chi connectivity index (χ1v) is 7.31. The minimum atomic E-state index is -0.0164. The summed E-state index contributed by atoms with van der Waals surface area (Å²) in [6.45, 7) is 1.69. The Hall–Kier alpha value is -2.13. The molecule has 1 N–H and O–H groups in total. The number of carbonyl (C=O) groups excluding carboxylic acids is 1. The Labute approximate surface area is 128 Å². The normalized spacial score (nSPS) is 14.2. The Morgan fingerprint density at radius 3 is 2.57 bits per heavy atom. The molecule has 106 valence electrons. The molecule has 1 aliphatic heterocycles. The molecule has 3 nitrogen and oxygen atoms in total. The zero-order valence-electron chi connectivity index (χ0n) is 11.5. The maximum atomic E-state index is 12.7. The molecule has 0 saturated heterocycles. The van der Waals surface area contributed by atoms with E-state index in [0.29, 0.717) is 16.1 Å². The Morgan fingerprint density at radius 1 is 1.10 bits per heavy atom. The summed E-state index contributed by atoms with van der Waals surface area (Å²) in [6.07, 6.45) is 1.02. The van der Waals surface area contributed by atoms with Gasteiger partial charge in [-0.3, -0.25) is 9.79 Å². The molecule has 0 radical (unpaired) electrons. The molecule has 0 spiro atoms. The molecule has 2 aromatic rings. The second-order valence-electron chi connectivity index (χ2n) is 4.89. The van der Waals surface area contributed by atoms with Gasteiger partial charge in [-0.25, -0.2) is 0 Å². The summed E-state index contributed by atoms with van der Waals surface area (Å²) in [5.41, 5.74) is 2.15. The highest BCUT2D eigenvalue weighted by atomic mass is 35.5. The van der Waals surface area contributed by atoms with Crippen molar-refractivity contribution >= 4 is 23.2 Å². The molecule has 1 heterocycles. The molecular weight excluding hydrogens is 284 g/mol. The van der Waals surface area contributed by atoms with Crippen molar-refractivity contribution in [3.63, 3.8) is 0 Å². The lowest BCUT2D eigenvalue weighted by atomic mass is 9.97. The molecule has 0 fully saturated rings. The lowest BCUT2D eigenvalue weighted by Gasteiger charge is -2.17. The van der Waals surface area contributed by atoms with E-state index in [9.17, 15) is 4.79 Å². The average Bonchev–Trinajstić information content (AvgIpc) is 2.56. The standard InChI is InChI=1S/C17H15ClN2O/c18-13-8-6-12(7-9-13)16(21)14-4-1-2-5-15(14)17-19-10-3-11-20-17/h1-2,4-9H,3,10-11H2,(H,19,20). The van der Waals surface area contributed by atoms with E-state index < -0.39 is 0 Å². The van der Waals surface area contributed by atoms with E-state index in [1.54, 1.807) is 24.3 Å². The van der Waals surface area contributed by atoms with E-state index in [-0.39, 0.29) is 5.78 Å². The van der Waals surface area contributed by atoms with Crippen LogP contribution < -0.4 is 5.32 Å². The van der Waals surface area contributed by atoms with Crippen LogP contribution in [0.5, 0.6) is 0 Å². The van der Waals surface area contributed by atoms with Crippen molar-refractivity contribution in [1.82, 2.24) is 5.32 Å². The van der Waals surface area contributed by atoms with Crippen molar-refractivity contribution in [2.45, 2.75) is 6.42 Å². The van der Waals surface area contributed by atoms with E-state index >= 15 is 0 Å². The third kappa shape index (κ3) is 2.98. The number of nitrogens with zero attached hydrogens (tertiary/aromatic N) is 1. The fraction of sp³-hybridized carbons (Fsp3) is 0.176. The summed E-state index contributed by atoms with van der Waals surface area (Å²) < 4.78 is 0. The van der Waals surface area contributed by atoms with Gasteiger partial charge in [0, 0.05) is 34.8 Å². The molecule has 0 aromatic heterocycles. The number of halogens is 1. The molecule has 21 heavy (non-hydrogen) atoms. The second kappa shape index (κ2) is 6.10. The maximum Gasteiger partial charge on any atom is 0.193 e. The molecule has 0 saturated carbocycles. The Bertz CT molecular complexity index is 692. The predicted octanol–water partition coefficient (Wildman–Crippen LogP) is 3.31. The van der Waals surface area contributed by atoms with Gasteiger partial charge in [-0.1, -0.05) is 35.9 Å². The van der Waals surface area contributed by atoms with Crippen LogP contribution in [0, 0.1) is 0 Å². The quantitative estimate of drug-likeness (QED) is 0.883. The Balaban J connectivity index is 2.00. The van der Waals surface area contributed by atoms with Crippen LogP contribution in [0.4, 0.5) is 0 Å². The summed E-state index contributed by atoms with van der Waals surface area (Å²) in [7, 11) is 0. The van der Waals surface area contributed by atoms with Crippen molar-refractivity contribution < 1.29 is 4.79 Å². The molecule has 0 aliphatic carbocycles. The first-order valence-electron chi connectivity index (χ1n) is 6.94. The summed E-state index contributed by atoms with van der Waals surface area (Å²) >= 11 is 5.87. The van der Waals surface area contributed by atoms with E-state index in [4.69, 9.17) is 11.6 Å². The molecular formula is C17H15ClN2O. The van der Waals surface area contributed by atoms with E-state index in [2.05, 4.69) is 10.3 Å². The van der Waals surface area contributed by atoms with Crippen LogP contribution in [0.25, 0.3) is 0 Å². The Morgan fingerprint density at radius 2 is 1.86 bits per heavy atom. The predicted molar refractivity (Wildman–Crippen MR) is 85.4 cm³/mol. The lowest BCUT2D eigenvalue weighted by molar-refractivity contribution is 0.103. The number of hydrogen-bond donors (Lipinski definition) is 1. The number of hydrogen-bond acceptors (Lipinski definition) is 3. The highest BCUT2D eigenvalue weighted by Crippen LogP contribution is 2.18. The van der Waals surface area contributed by atoms with Gasteiger partial charge >= 0.3 is 0 Å². The van der Waals surface area contributed by atoms with Crippen molar-refractivity contribution in [1.29, 1.82) is 0 Å². The third-order valence-electron chi connectivity index (χ3n) is 3.43. The minimum Gasteiger partial charge on any atom is -0.370 e. The van der Waals surface area contributed by atoms with Crippen molar-refractivity contribution in [3.05, 3.63) is 70.2 Å². The van der Waals surface area contributed by atoms with E-state index in [0.717, 1.165) is 30.9 Å². The topological polar surface area (TPSA) is 41.5 Å². The van der Waals surface area contributed by atoms with Gasteiger partial charge in [0.1, 0.15) is 5.84 Å². The van der Waals surface area contributed by atoms with Crippen LogP contribution in [0.1, 0.15) is 27.9 Å². The average molecular weight is 299 g/mol. The maximum absolute atomic E-state index is 12.7. The summed E-state index contributed by atoms with van der Waals surface area (Å²) in [4.78, 5) is 17.2. The summed E-state index contributed by atoms with van der Waals surface area (Å²) in [5, 5.41) is 3.89. The number of carbonyl (C=O) groups is 1. The van der Waals surface area contributed by atoms with E-state index in [1.165, 1.54) is 0 Å². The molecule has 3 rings (SSSR count). The van der Waals surface area contributed by atoms with Gasteiger partial charge in [-0.15, -0.1) is 0 Å². The fourth-order valence-corrected chi connectivity index (χ4v) is 2.48. The van der Waals surface area contributed by atoms with Crippen molar-refractivity contribution in [2.75, 3.05) is 13.1 Å². The molecule has 4 heteroatoms. The highest BCUT2D eigenvalue weighted by molar-refractivity contribution is 6.30. The van der Waals surface area contributed by atoms with Gasteiger partial charge in [-0.2, -0.15) is 0 Å². The number of ketones is 1. The molecule has 0 atom stereocenters. The number of benzene rings is 2. The Kier molecular flexibility index (Phi) is 4.02. The van der Waals surface area contributed by atoms with Crippen LogP contribution in [0.3, 0.4) is 0 Å². The third-order valence-corrected chi connectivity index (χ3v) is 3.68. The first kappa shape index (κ1) is 13.8. The lowest BCUT2D eigenvalue weighted by Crippen LogP contribution is -2.31. The zero-order valence-corrected chi connectivity index (χ0v) is 12.2. The van der Waals surface area contributed by atoms with Crippen LogP contribution in [0.2, 0.25) is 5.02 Å². The fourth-order valence-electron chi connectivity index (χ4n) is 2.36. The highest BCUT2D eigenvalue weighted by Gasteiger charge is 2.17. The SMILES string of the molecule is O=C(c1ccc(Cl)cc1)c1ccccc1C1=NCCCN1. The van der Waals surface area contributed by atoms with Gasteiger partial charge in [0.25, 0.3) is 0 Å². The molecule has 2 aromatic carbocycles. The minimum absolute atomic E-state index is 0.0164. The second-order valence-corrected chi connectivity index (χ2v) is 5.33. The van der Waals surface area contributed by atoms with Gasteiger partial charge in [0.15, 0.2) is 5.78 Å². The molecule has 1 aliphatic rings. The number of rotatable bonds is 3. The summed E-state index contributed by atoms with van der Waals surface area (Å²) in [5.74, 6) is 0.788. The molecule has 0 amide bonds. The molecule has 0 unspecified atom stereocenters. The number of aliphatic imine (C=N–C) groups is 1. The van der Waals surface area contributed by atoms with E-state index in [1.807, 2.05) is 24.3 Å². The van der Waals surface area contributed by atoms with Crippen LogP contribution in [0.15, 0.2) is 53.5 Å². The largest absolute Gasteiger partial charge is 0.370 e. The van der Waals surface area contributed by atoms with Crippen LogP contribution >= 0.6 is 11.6 Å². The number of nitrogens with one attached hydrogen (secondary N) is 1. The monoisotopic (exact) mass is 298 g/mol. The smallest absolute Gasteiger partial charge is 0.193 e. The van der Waals surface area contributed by atoms with Gasteiger partial charge in [0.2, 0.25) is 0 Å². The number of amidine groups is 1. The van der Waals surface area contributed by atoms with Crippen molar-refractivity contribution in [3.8, 4) is 0 Å². The van der Waals surface area contributed by atoms with Gasteiger partial charge in [-0.05, 0) is 30.7 Å². The van der Waals surface area contributed by atoms with Crippen LogP contribution in [-0.2, 0) is 0 Å². The van der Waals surface area contributed by atoms with Crippen LogP contribution in [-0.4, -0.2) is 24.7 Å². The zero-order chi connectivity index (χ0) is 14.7. The van der Waals surface area contributed by atoms with Crippen molar-refractivity contribution in [2.24, 2.45) is 4.99 Å². The first-order chi connectivity index (χ1) is 10.3.